The summed E-state index contributed by atoms with van der Waals surface area (Å²) in [6.07, 6.45) is 10.9. The molecule has 3 heteroatoms. The topological polar surface area (TPSA) is 46.5 Å². The van der Waals surface area contributed by atoms with E-state index < -0.39 is 11.7 Å². The predicted molar refractivity (Wildman–Crippen MR) is 118 cm³/mol. The van der Waals surface area contributed by atoms with E-state index in [1.165, 1.54) is 56.9 Å². The van der Waals surface area contributed by atoms with Crippen LogP contribution in [0.4, 0.5) is 0 Å². The molecule has 1 N–H and O–H groups in total. The van der Waals surface area contributed by atoms with Crippen molar-refractivity contribution in [1.29, 1.82) is 0 Å². The van der Waals surface area contributed by atoms with Crippen LogP contribution in [-0.4, -0.2) is 11.1 Å². The molecule has 0 atom stereocenters. The highest BCUT2D eigenvalue weighted by Crippen LogP contribution is 2.38. The van der Waals surface area contributed by atoms with Gasteiger partial charge in [0.1, 0.15) is 5.75 Å². The van der Waals surface area contributed by atoms with E-state index in [9.17, 15) is 4.79 Å². The van der Waals surface area contributed by atoms with Crippen LogP contribution in [0.25, 0.3) is 11.1 Å². The highest BCUT2D eigenvalue weighted by Gasteiger charge is 2.22. The first-order chi connectivity index (χ1) is 14.1. The lowest BCUT2D eigenvalue weighted by molar-refractivity contribution is -0.132. The summed E-state index contributed by atoms with van der Waals surface area (Å²) < 4.78 is 5.02. The van der Waals surface area contributed by atoms with Crippen LogP contribution in [0.2, 0.25) is 0 Å². The minimum atomic E-state index is -0.831. The van der Waals surface area contributed by atoms with Gasteiger partial charge in [-0.3, -0.25) is 0 Å². The Hall–Kier alpha value is -2.55. The fourth-order valence-electron chi connectivity index (χ4n) is 4.30. The molecule has 0 aromatic heterocycles. The second-order valence-corrected chi connectivity index (χ2v) is 8.20. The van der Waals surface area contributed by atoms with Gasteiger partial charge in [-0.25, -0.2) is 4.79 Å². The van der Waals surface area contributed by atoms with E-state index >= 15 is 0 Å². The van der Waals surface area contributed by atoms with Gasteiger partial charge < -0.3 is 9.84 Å². The van der Waals surface area contributed by atoms with Gasteiger partial charge >= 0.3 is 5.97 Å². The van der Waals surface area contributed by atoms with Crippen LogP contribution in [-0.2, 0) is 4.79 Å². The Bertz CT molecular complexity index is 797. The average molecular weight is 393 g/mol. The van der Waals surface area contributed by atoms with Crippen LogP contribution in [0.3, 0.4) is 0 Å². The lowest BCUT2D eigenvalue weighted by atomic mass is 9.77. The van der Waals surface area contributed by atoms with Crippen molar-refractivity contribution in [2.24, 2.45) is 5.92 Å². The number of hydrogen-bond acceptors (Lipinski definition) is 3. The Kier molecular flexibility index (Phi) is 7.51. The molecule has 0 spiro atoms. The van der Waals surface area contributed by atoms with Crippen LogP contribution in [0, 0.1) is 5.92 Å². The number of esters is 1. The molecule has 0 amide bonds. The number of unbranched alkanes of at least 4 members (excludes halogenated alkanes) is 2. The van der Waals surface area contributed by atoms with E-state index in [0.29, 0.717) is 11.7 Å². The van der Waals surface area contributed by atoms with Crippen molar-refractivity contribution in [3.8, 4) is 16.9 Å². The van der Waals surface area contributed by atoms with Crippen molar-refractivity contribution in [2.75, 3.05) is 0 Å². The van der Waals surface area contributed by atoms with Crippen LogP contribution >= 0.6 is 0 Å². The Morgan fingerprint density at radius 2 is 1.55 bits per heavy atom. The van der Waals surface area contributed by atoms with Crippen LogP contribution in [0.15, 0.2) is 60.9 Å². The number of hydrogen-bond donors (Lipinski definition) is 1. The first-order valence-corrected chi connectivity index (χ1v) is 10.9. The molecule has 154 valence electrons. The molecule has 3 nitrogen and oxygen atoms in total. The molecule has 1 fully saturated rings. The number of aliphatic hydroxyl groups excluding tert-OH is 1. The van der Waals surface area contributed by atoms with Gasteiger partial charge in [0.05, 0.1) is 0 Å². The number of carbonyl (C=O) groups excluding carboxylic acids is 1. The van der Waals surface area contributed by atoms with Crippen molar-refractivity contribution in [1.82, 2.24) is 0 Å². The molecule has 1 aliphatic rings. The fraction of sp³-hybridized carbons (Fsp3) is 0.423. The van der Waals surface area contributed by atoms with E-state index in [0.717, 1.165) is 17.0 Å². The van der Waals surface area contributed by atoms with Gasteiger partial charge in [0.2, 0.25) is 0 Å². The lowest BCUT2D eigenvalue weighted by Gasteiger charge is -2.29. The van der Waals surface area contributed by atoms with Crippen molar-refractivity contribution in [3.05, 3.63) is 66.4 Å². The van der Waals surface area contributed by atoms with E-state index in [2.05, 4.69) is 37.8 Å². The zero-order valence-electron chi connectivity index (χ0n) is 17.4. The van der Waals surface area contributed by atoms with E-state index in [1.807, 2.05) is 12.1 Å². The average Bonchev–Trinajstić information content (AvgIpc) is 2.75. The summed E-state index contributed by atoms with van der Waals surface area (Å²) in [5.41, 5.74) is 3.66. The van der Waals surface area contributed by atoms with E-state index in [4.69, 9.17) is 9.84 Å². The van der Waals surface area contributed by atoms with Crippen molar-refractivity contribution in [2.45, 2.75) is 64.2 Å². The van der Waals surface area contributed by atoms with Crippen molar-refractivity contribution in [3.63, 3.8) is 0 Å². The van der Waals surface area contributed by atoms with Gasteiger partial charge in [-0.05, 0) is 72.9 Å². The predicted octanol–water partition coefficient (Wildman–Crippen LogP) is 7.18. The Labute approximate surface area is 174 Å². The fourth-order valence-corrected chi connectivity index (χ4v) is 4.30. The smallest absolute Gasteiger partial charge is 0.378 e. The maximum absolute atomic E-state index is 11.4. The highest BCUT2D eigenvalue weighted by molar-refractivity contribution is 5.86. The zero-order valence-corrected chi connectivity index (χ0v) is 17.4. The first-order valence-electron chi connectivity index (χ1n) is 10.9. The summed E-state index contributed by atoms with van der Waals surface area (Å²) in [6, 6.07) is 16.2. The molecule has 0 saturated heterocycles. The molecule has 0 bridgehead atoms. The minimum Gasteiger partial charge on any atom is -0.502 e. The lowest BCUT2D eigenvalue weighted by Crippen LogP contribution is -2.13. The molecule has 1 aliphatic carbocycles. The molecule has 2 aromatic carbocycles. The second kappa shape index (κ2) is 10.3. The normalized spacial score (nSPS) is 18.9. The summed E-state index contributed by atoms with van der Waals surface area (Å²) >= 11 is 0. The molecule has 29 heavy (non-hydrogen) atoms. The largest absolute Gasteiger partial charge is 0.502 e. The molecule has 1 saturated carbocycles. The summed E-state index contributed by atoms with van der Waals surface area (Å²) in [6.45, 7) is 5.44. The van der Waals surface area contributed by atoms with Crippen molar-refractivity contribution < 1.29 is 14.6 Å². The molecule has 0 radical (unpaired) electrons. The number of ether oxygens (including phenoxy) is 1. The number of rotatable bonds is 8. The van der Waals surface area contributed by atoms with Gasteiger partial charge in [0.15, 0.2) is 5.76 Å². The number of aliphatic hydroxyl groups is 1. The maximum atomic E-state index is 11.4. The monoisotopic (exact) mass is 392 g/mol. The number of benzene rings is 2. The molecule has 0 aliphatic heterocycles. The summed E-state index contributed by atoms with van der Waals surface area (Å²) in [4.78, 5) is 11.4. The molecule has 2 aromatic rings. The molecule has 0 heterocycles. The molecule has 0 unspecified atom stereocenters. The Morgan fingerprint density at radius 3 is 2.10 bits per heavy atom. The maximum Gasteiger partial charge on any atom is 0.378 e. The quantitative estimate of drug-likeness (QED) is 0.170. The third kappa shape index (κ3) is 5.96. The van der Waals surface area contributed by atoms with Gasteiger partial charge in [-0.2, -0.15) is 0 Å². The minimum absolute atomic E-state index is 0.390. The molecular formula is C26H32O3. The summed E-state index contributed by atoms with van der Waals surface area (Å²) in [5.74, 6) is 0.593. The zero-order chi connectivity index (χ0) is 20.6. The van der Waals surface area contributed by atoms with E-state index in [1.54, 1.807) is 12.1 Å². The van der Waals surface area contributed by atoms with Crippen LogP contribution in [0.5, 0.6) is 5.75 Å². The third-order valence-electron chi connectivity index (χ3n) is 6.08. The van der Waals surface area contributed by atoms with Gasteiger partial charge in [0, 0.05) is 0 Å². The highest BCUT2D eigenvalue weighted by atomic mass is 16.5. The molecular weight excluding hydrogens is 360 g/mol. The second-order valence-electron chi connectivity index (χ2n) is 8.20. The first kappa shape index (κ1) is 21.2. The third-order valence-corrected chi connectivity index (χ3v) is 6.08. The van der Waals surface area contributed by atoms with Gasteiger partial charge in [-0.1, -0.05) is 69.0 Å². The SMILES string of the molecule is C=C(O)C(=O)Oc1ccc(-c2ccc(C3CCC(CCCCC)CC3)cc2)cc1. The van der Waals surface area contributed by atoms with Crippen LogP contribution < -0.4 is 4.74 Å². The Morgan fingerprint density at radius 1 is 0.966 bits per heavy atom. The van der Waals surface area contributed by atoms with Crippen molar-refractivity contribution >= 4 is 5.97 Å². The van der Waals surface area contributed by atoms with Gasteiger partial charge in [-0.15, -0.1) is 0 Å². The van der Waals surface area contributed by atoms with Gasteiger partial charge in [0.25, 0.3) is 0 Å². The standard InChI is InChI=1S/C26H32O3/c1-3-4-5-6-20-7-9-21(10-8-20)22-11-13-23(14-12-22)24-15-17-25(18-16-24)29-26(28)19(2)27/h11-18,20-21,27H,2-10H2,1H3. The summed E-state index contributed by atoms with van der Waals surface area (Å²) in [7, 11) is 0. The van der Waals surface area contributed by atoms with Crippen LogP contribution in [0.1, 0.15) is 69.8 Å². The number of carbonyl (C=O) groups is 1. The molecule has 3 rings (SSSR count). The summed E-state index contributed by atoms with van der Waals surface area (Å²) in [5, 5.41) is 9.04. The Balaban J connectivity index is 1.55. The van der Waals surface area contributed by atoms with E-state index in [-0.39, 0.29) is 0 Å².